The number of hydrogen-bond acceptors (Lipinski definition) is 6. The number of ketones is 1. The average molecular weight is 359 g/mol. The van der Waals surface area contributed by atoms with Crippen LogP contribution in [0, 0.1) is 0 Å². The summed E-state index contributed by atoms with van der Waals surface area (Å²) >= 11 is 0. The second-order valence-electron chi connectivity index (χ2n) is 5.97. The van der Waals surface area contributed by atoms with Crippen LogP contribution in [-0.2, 0) is 0 Å². The minimum Gasteiger partial charge on any atom is -0.493 e. The molecule has 0 amide bonds. The van der Waals surface area contributed by atoms with Crippen molar-refractivity contribution in [3.8, 4) is 11.5 Å². The average Bonchev–Trinajstić information content (AvgIpc) is 2.66. The molecule has 2 rings (SSSR count). The molecule has 2 aromatic carbocycles. The van der Waals surface area contributed by atoms with Gasteiger partial charge in [-0.05, 0) is 30.7 Å². The molecule has 6 nitrogen and oxygen atoms in total. The fraction of sp³-hybridized carbons (Fsp3) is 0.350. The molecule has 0 aliphatic rings. The van der Waals surface area contributed by atoms with Gasteiger partial charge in [0.15, 0.2) is 17.3 Å². The van der Waals surface area contributed by atoms with Crippen LogP contribution in [0.3, 0.4) is 0 Å². The van der Waals surface area contributed by atoms with Gasteiger partial charge >= 0.3 is 0 Å². The van der Waals surface area contributed by atoms with Crippen LogP contribution in [0.15, 0.2) is 48.5 Å². The molecule has 0 fully saturated rings. The molecule has 2 aromatic rings. The fourth-order valence-corrected chi connectivity index (χ4v) is 2.43. The predicted octanol–water partition coefficient (Wildman–Crippen LogP) is 1.96. The summed E-state index contributed by atoms with van der Waals surface area (Å²) in [7, 11) is 1.50. The molecule has 0 saturated heterocycles. The third kappa shape index (κ3) is 5.84. The van der Waals surface area contributed by atoms with Crippen LogP contribution in [-0.4, -0.2) is 48.9 Å². The maximum Gasteiger partial charge on any atom is 0.161 e. The number of carbonyl (C=O) groups excluding carboxylic acids is 1. The van der Waals surface area contributed by atoms with Gasteiger partial charge in [0.05, 0.1) is 13.2 Å². The van der Waals surface area contributed by atoms with Crippen molar-refractivity contribution in [2.45, 2.75) is 19.1 Å². The van der Waals surface area contributed by atoms with Crippen molar-refractivity contribution < 1.29 is 24.5 Å². The minimum absolute atomic E-state index is 0.0592. The summed E-state index contributed by atoms with van der Waals surface area (Å²) in [6.45, 7) is 2.15. The fourth-order valence-electron chi connectivity index (χ4n) is 2.43. The number of Topliss-reactive ketones (excluding diaryl/α,β-unsaturated/α-hetero) is 1. The van der Waals surface area contributed by atoms with Gasteiger partial charge in [-0.25, -0.2) is 0 Å². The van der Waals surface area contributed by atoms with E-state index in [0.29, 0.717) is 23.6 Å². The van der Waals surface area contributed by atoms with E-state index < -0.39 is 12.2 Å². The summed E-state index contributed by atoms with van der Waals surface area (Å²) in [5.41, 5.74) is 1.35. The normalized spacial score (nSPS) is 13.1. The third-order valence-corrected chi connectivity index (χ3v) is 3.90. The van der Waals surface area contributed by atoms with Gasteiger partial charge in [-0.3, -0.25) is 4.79 Å². The number of benzene rings is 2. The Kier molecular flexibility index (Phi) is 7.59. The summed E-state index contributed by atoms with van der Waals surface area (Å²) in [4.78, 5) is 11.4. The van der Waals surface area contributed by atoms with Gasteiger partial charge in [-0.1, -0.05) is 30.3 Å². The van der Waals surface area contributed by atoms with Gasteiger partial charge in [-0.2, -0.15) is 0 Å². The zero-order valence-corrected chi connectivity index (χ0v) is 15.0. The van der Waals surface area contributed by atoms with Crippen LogP contribution in [0.5, 0.6) is 11.5 Å². The summed E-state index contributed by atoms with van der Waals surface area (Å²) in [5.74, 6) is 0.842. The van der Waals surface area contributed by atoms with Crippen LogP contribution >= 0.6 is 0 Å². The number of carbonyl (C=O) groups is 1. The van der Waals surface area contributed by atoms with Crippen molar-refractivity contribution in [1.82, 2.24) is 5.32 Å². The Morgan fingerprint density at radius 3 is 2.46 bits per heavy atom. The first-order valence-corrected chi connectivity index (χ1v) is 8.44. The summed E-state index contributed by atoms with van der Waals surface area (Å²) < 4.78 is 10.8. The number of methoxy groups -OCH3 is 1. The second kappa shape index (κ2) is 9.91. The van der Waals surface area contributed by atoms with Gasteiger partial charge in [0.1, 0.15) is 12.7 Å². The lowest BCUT2D eigenvalue weighted by molar-refractivity contribution is 0.0977. The largest absolute Gasteiger partial charge is 0.493 e. The highest BCUT2D eigenvalue weighted by Crippen LogP contribution is 2.28. The van der Waals surface area contributed by atoms with E-state index in [1.165, 1.54) is 14.0 Å². The molecule has 0 unspecified atom stereocenters. The van der Waals surface area contributed by atoms with E-state index >= 15 is 0 Å². The lowest BCUT2D eigenvalue weighted by Crippen LogP contribution is -2.33. The van der Waals surface area contributed by atoms with E-state index in [0.717, 1.165) is 5.56 Å². The van der Waals surface area contributed by atoms with Gasteiger partial charge in [-0.15, -0.1) is 0 Å². The highest BCUT2D eigenvalue weighted by Gasteiger charge is 2.12. The Morgan fingerprint density at radius 2 is 1.81 bits per heavy atom. The van der Waals surface area contributed by atoms with E-state index in [-0.39, 0.29) is 18.9 Å². The molecule has 0 bridgehead atoms. The third-order valence-electron chi connectivity index (χ3n) is 3.90. The van der Waals surface area contributed by atoms with Crippen molar-refractivity contribution in [2.24, 2.45) is 0 Å². The van der Waals surface area contributed by atoms with Crippen molar-refractivity contribution in [2.75, 3.05) is 26.8 Å². The quantitative estimate of drug-likeness (QED) is 0.562. The van der Waals surface area contributed by atoms with Crippen LogP contribution in [0.4, 0.5) is 0 Å². The van der Waals surface area contributed by atoms with Crippen LogP contribution < -0.4 is 14.8 Å². The molecule has 6 heteroatoms. The zero-order chi connectivity index (χ0) is 18.9. The van der Waals surface area contributed by atoms with E-state index in [1.807, 2.05) is 30.3 Å². The lowest BCUT2D eigenvalue weighted by Gasteiger charge is -2.17. The standard InChI is InChI=1S/C20H25NO5/c1-14(22)16-8-9-19(20(10-16)25-2)26-13-17(23)11-21-12-18(24)15-6-4-3-5-7-15/h3-10,17-18,21,23-24H,11-13H2,1-2H3/t17-,18-/m1/s1. The van der Waals surface area contributed by atoms with Crippen molar-refractivity contribution >= 4 is 5.78 Å². The predicted molar refractivity (Wildman–Crippen MR) is 98.8 cm³/mol. The molecule has 0 spiro atoms. The number of ether oxygens (including phenoxy) is 2. The molecule has 0 heterocycles. The molecule has 140 valence electrons. The van der Waals surface area contributed by atoms with Gasteiger partial charge in [0, 0.05) is 18.7 Å². The Morgan fingerprint density at radius 1 is 1.08 bits per heavy atom. The summed E-state index contributed by atoms with van der Waals surface area (Å²) in [6.07, 6.45) is -1.39. The molecule has 2 atom stereocenters. The maximum absolute atomic E-state index is 11.4. The van der Waals surface area contributed by atoms with E-state index in [4.69, 9.17) is 9.47 Å². The second-order valence-corrected chi connectivity index (χ2v) is 5.97. The Bertz CT molecular complexity index is 705. The van der Waals surface area contributed by atoms with Gasteiger partial charge in [0.2, 0.25) is 0 Å². The number of nitrogens with one attached hydrogen (secondary N) is 1. The van der Waals surface area contributed by atoms with E-state index in [2.05, 4.69) is 5.32 Å². The highest BCUT2D eigenvalue weighted by molar-refractivity contribution is 5.94. The first-order valence-electron chi connectivity index (χ1n) is 8.44. The first kappa shape index (κ1) is 19.9. The Hall–Kier alpha value is -2.41. The molecule has 0 aliphatic heterocycles. The highest BCUT2D eigenvalue weighted by atomic mass is 16.5. The minimum atomic E-state index is -0.754. The van der Waals surface area contributed by atoms with Gasteiger partial charge in [0.25, 0.3) is 0 Å². The first-order chi connectivity index (χ1) is 12.5. The van der Waals surface area contributed by atoms with Crippen LogP contribution in [0.25, 0.3) is 0 Å². The van der Waals surface area contributed by atoms with E-state index in [9.17, 15) is 15.0 Å². The van der Waals surface area contributed by atoms with Crippen LogP contribution in [0.2, 0.25) is 0 Å². The summed E-state index contributed by atoms with van der Waals surface area (Å²) in [5, 5.41) is 23.1. The van der Waals surface area contributed by atoms with Gasteiger partial charge < -0.3 is 25.0 Å². The maximum atomic E-state index is 11.4. The smallest absolute Gasteiger partial charge is 0.161 e. The zero-order valence-electron chi connectivity index (χ0n) is 15.0. The summed E-state index contributed by atoms with van der Waals surface area (Å²) in [6, 6.07) is 14.2. The molecule has 0 radical (unpaired) electrons. The molecule has 0 aliphatic carbocycles. The monoisotopic (exact) mass is 359 g/mol. The van der Waals surface area contributed by atoms with Crippen molar-refractivity contribution in [3.63, 3.8) is 0 Å². The molecular formula is C20H25NO5. The number of hydrogen-bond donors (Lipinski definition) is 3. The Balaban J connectivity index is 1.78. The molecule has 26 heavy (non-hydrogen) atoms. The number of aliphatic hydroxyl groups is 2. The van der Waals surface area contributed by atoms with Crippen molar-refractivity contribution in [1.29, 1.82) is 0 Å². The molecule has 0 aromatic heterocycles. The Labute approximate surface area is 153 Å². The van der Waals surface area contributed by atoms with Crippen molar-refractivity contribution in [3.05, 3.63) is 59.7 Å². The topological polar surface area (TPSA) is 88.0 Å². The van der Waals surface area contributed by atoms with E-state index in [1.54, 1.807) is 18.2 Å². The lowest BCUT2D eigenvalue weighted by atomic mass is 10.1. The number of aliphatic hydroxyl groups excluding tert-OH is 2. The molecule has 3 N–H and O–H groups in total. The molecular weight excluding hydrogens is 334 g/mol. The van der Waals surface area contributed by atoms with Crippen LogP contribution in [0.1, 0.15) is 28.9 Å². The number of rotatable bonds is 10. The SMILES string of the molecule is COc1cc(C(C)=O)ccc1OC[C@H](O)CNC[C@@H](O)c1ccccc1. The molecule has 0 saturated carbocycles.